The van der Waals surface area contributed by atoms with Crippen molar-refractivity contribution in [2.75, 3.05) is 0 Å². The van der Waals surface area contributed by atoms with E-state index in [0.717, 1.165) is 11.5 Å². The van der Waals surface area contributed by atoms with Gasteiger partial charge in [0.25, 0.3) is 6.17 Å². The van der Waals surface area contributed by atoms with Gasteiger partial charge in [-0.25, -0.2) is 12.8 Å². The monoisotopic (exact) mass is 656 g/mol. The van der Waals surface area contributed by atoms with E-state index in [0.29, 0.717) is 0 Å². The van der Waals surface area contributed by atoms with E-state index >= 15 is 0 Å². The number of ether oxygens (including phenoxy) is 2. The first-order valence-corrected chi connectivity index (χ1v) is 13.8. The van der Waals surface area contributed by atoms with Crippen LogP contribution in [-0.2, 0) is 10.1 Å². The minimum atomic E-state index is -6.66. The molecule has 5 nitrogen and oxygen atoms in total. The van der Waals surface area contributed by atoms with Crippen LogP contribution in [0.4, 0.5) is 26.3 Å². The summed E-state index contributed by atoms with van der Waals surface area (Å²) >= 11 is -0.176. The Morgan fingerprint density at radius 1 is 0.722 bits per heavy atom. The molecule has 13 heteroatoms. The molecule has 0 amide bonds. The highest BCUT2D eigenvalue weighted by atomic mass is 127. The van der Waals surface area contributed by atoms with Gasteiger partial charge in [-0.05, 0) is 90.1 Å². The summed E-state index contributed by atoms with van der Waals surface area (Å²) in [6.45, 7) is 12.4. The maximum Gasteiger partial charge on any atom is 0.426 e. The summed E-state index contributed by atoms with van der Waals surface area (Å²) in [5, 5.41) is -5.99. The van der Waals surface area contributed by atoms with Crippen molar-refractivity contribution in [2.24, 2.45) is 0 Å². The summed E-state index contributed by atoms with van der Waals surface area (Å²) in [6.07, 6.45) is -11.1. The van der Waals surface area contributed by atoms with Crippen LogP contribution in [0, 0.1) is 7.14 Å². The van der Waals surface area contributed by atoms with Crippen LogP contribution in [0.15, 0.2) is 48.5 Å². The molecule has 204 valence electrons. The van der Waals surface area contributed by atoms with Crippen molar-refractivity contribution in [3.05, 3.63) is 55.7 Å². The zero-order chi connectivity index (χ0) is 28.2. The molecule has 0 radical (unpaired) electrons. The lowest BCUT2D eigenvalue weighted by molar-refractivity contribution is -0.597. The van der Waals surface area contributed by atoms with Gasteiger partial charge >= 0.3 is 32.6 Å². The molecule has 1 atom stereocenters. The van der Waals surface area contributed by atoms with E-state index in [-0.39, 0.29) is 32.4 Å². The zero-order valence-electron chi connectivity index (χ0n) is 20.3. The Bertz CT molecular complexity index is 1020. The molecule has 0 bridgehead atoms. The molecule has 0 N–H and O–H groups in total. The standard InChI is InChI=1S/C20H26IO2.C3H2F6O3S/c1-19(2,3)22-17-11-7-15(8-12-17)21-16-9-13-18(14-10-16)23-20(4,5)6;4-1(2(5,6)7)3(8,9)13(10,11)12/h7-14H,1-6H3;1H,(H,10,11,12)/q+1;/p-1. The molecule has 0 saturated heterocycles. The maximum atomic E-state index is 11.8. The van der Waals surface area contributed by atoms with Crippen molar-refractivity contribution in [1.82, 2.24) is 0 Å². The van der Waals surface area contributed by atoms with Crippen LogP contribution in [0.25, 0.3) is 0 Å². The van der Waals surface area contributed by atoms with Crippen molar-refractivity contribution >= 4 is 10.1 Å². The number of alkyl halides is 6. The Balaban J connectivity index is 0.000000426. The van der Waals surface area contributed by atoms with Crippen molar-refractivity contribution < 1.29 is 70.0 Å². The predicted molar refractivity (Wildman–Crippen MR) is 117 cm³/mol. The van der Waals surface area contributed by atoms with E-state index in [4.69, 9.17) is 9.47 Å². The lowest BCUT2D eigenvalue weighted by atomic mass is 10.2. The summed E-state index contributed by atoms with van der Waals surface area (Å²) < 4.78 is 112. The Hall–Kier alpha value is -1.74. The quantitative estimate of drug-likeness (QED) is 0.272. The van der Waals surface area contributed by atoms with Crippen molar-refractivity contribution in [2.45, 2.75) is 70.3 Å². The van der Waals surface area contributed by atoms with E-state index in [2.05, 4.69) is 90.1 Å². The van der Waals surface area contributed by atoms with Crippen molar-refractivity contribution in [1.29, 1.82) is 0 Å². The van der Waals surface area contributed by atoms with E-state index < -0.39 is 27.7 Å². The average Bonchev–Trinajstić information content (AvgIpc) is 2.67. The van der Waals surface area contributed by atoms with E-state index in [1.165, 1.54) is 7.14 Å². The third kappa shape index (κ3) is 11.1. The van der Waals surface area contributed by atoms with Crippen LogP contribution >= 0.6 is 0 Å². The molecule has 0 saturated carbocycles. The Morgan fingerprint density at radius 3 is 1.22 bits per heavy atom. The minimum absolute atomic E-state index is 0.153. The normalized spacial score (nSPS) is 13.9. The average molecular weight is 656 g/mol. The van der Waals surface area contributed by atoms with Crippen molar-refractivity contribution in [3.8, 4) is 11.5 Å². The fourth-order valence-corrected chi connectivity index (χ4v) is 4.83. The third-order valence-corrected chi connectivity index (χ3v) is 7.17. The number of halogens is 7. The van der Waals surface area contributed by atoms with Crippen LogP contribution in [0.2, 0.25) is 0 Å². The highest BCUT2D eigenvalue weighted by Crippen LogP contribution is 2.37. The van der Waals surface area contributed by atoms with Gasteiger partial charge in [-0.1, -0.05) is 0 Å². The van der Waals surface area contributed by atoms with Crippen LogP contribution in [0.3, 0.4) is 0 Å². The van der Waals surface area contributed by atoms with Gasteiger partial charge < -0.3 is 14.0 Å². The Kier molecular flexibility index (Phi) is 10.5. The summed E-state index contributed by atoms with van der Waals surface area (Å²) in [5.74, 6) is 1.86. The third-order valence-electron chi connectivity index (χ3n) is 3.61. The topological polar surface area (TPSA) is 75.7 Å². The van der Waals surface area contributed by atoms with Crippen LogP contribution in [-0.4, -0.2) is 41.8 Å². The van der Waals surface area contributed by atoms with Gasteiger partial charge in [0, 0.05) is 0 Å². The zero-order valence-corrected chi connectivity index (χ0v) is 23.3. The number of rotatable bonds is 6. The highest BCUT2D eigenvalue weighted by Gasteiger charge is 2.61. The molecule has 2 rings (SSSR count). The predicted octanol–water partition coefficient (Wildman–Crippen LogP) is 3.19. The maximum absolute atomic E-state index is 11.8. The summed E-state index contributed by atoms with van der Waals surface area (Å²) in [5.41, 5.74) is -0.307. The van der Waals surface area contributed by atoms with Gasteiger partial charge in [0.1, 0.15) is 22.7 Å². The van der Waals surface area contributed by atoms with Gasteiger partial charge in [-0.2, -0.15) is 22.0 Å². The van der Waals surface area contributed by atoms with Crippen LogP contribution < -0.4 is 30.7 Å². The molecule has 0 aliphatic carbocycles. The molecule has 0 aliphatic heterocycles. The van der Waals surface area contributed by atoms with E-state index in [1.54, 1.807) is 0 Å². The SMILES string of the molecule is CC(C)(C)Oc1ccc([I+]c2ccc(OC(C)(C)C)cc2)cc1.O=S(=O)([O-])C(F)(F)C(F)C(F)(F)F. The lowest BCUT2D eigenvalue weighted by Gasteiger charge is -2.24. The van der Waals surface area contributed by atoms with Gasteiger partial charge in [-0.3, -0.25) is 0 Å². The van der Waals surface area contributed by atoms with Gasteiger partial charge in [-0.15, -0.1) is 0 Å². The van der Waals surface area contributed by atoms with Crippen LogP contribution in [0.5, 0.6) is 11.5 Å². The minimum Gasteiger partial charge on any atom is -0.743 e. The van der Waals surface area contributed by atoms with E-state index in [1.807, 2.05) is 0 Å². The van der Waals surface area contributed by atoms with Gasteiger partial charge in [0.15, 0.2) is 17.3 Å². The second kappa shape index (κ2) is 11.8. The van der Waals surface area contributed by atoms with Crippen molar-refractivity contribution in [3.63, 3.8) is 0 Å². The van der Waals surface area contributed by atoms with E-state index in [9.17, 15) is 39.3 Å². The summed E-state index contributed by atoms with van der Waals surface area (Å²) in [6, 6.07) is 17.0. The molecular weight excluding hydrogens is 629 g/mol. The molecule has 0 spiro atoms. The molecule has 2 aromatic rings. The fourth-order valence-electron chi connectivity index (χ4n) is 2.28. The second-order valence-electron chi connectivity index (χ2n) is 9.35. The first kappa shape index (κ1) is 32.3. The molecule has 36 heavy (non-hydrogen) atoms. The first-order chi connectivity index (χ1) is 16.0. The summed E-state index contributed by atoms with van der Waals surface area (Å²) in [4.78, 5) is 0. The van der Waals surface area contributed by atoms with Gasteiger partial charge in [0.05, 0.1) is 0 Å². The molecule has 2 aromatic carbocycles. The van der Waals surface area contributed by atoms with Gasteiger partial charge in [0.2, 0.25) is 0 Å². The molecule has 0 aliphatic rings. The molecular formula is C23H27F6IO5S. The van der Waals surface area contributed by atoms with Crippen LogP contribution in [0.1, 0.15) is 41.5 Å². The summed E-state index contributed by atoms with van der Waals surface area (Å²) in [7, 11) is -6.66. The first-order valence-electron chi connectivity index (χ1n) is 10.3. The Labute approximate surface area is 217 Å². The Morgan fingerprint density at radius 2 is 1.03 bits per heavy atom. The second-order valence-corrected chi connectivity index (χ2v) is 13.8. The molecule has 0 fully saturated rings. The smallest absolute Gasteiger partial charge is 0.426 e. The fraction of sp³-hybridized carbons (Fsp3) is 0.478. The number of benzene rings is 2. The lowest BCUT2D eigenvalue weighted by Crippen LogP contribution is -3.61. The largest absolute Gasteiger partial charge is 0.743 e. The molecule has 1 unspecified atom stereocenters. The number of hydrogen-bond acceptors (Lipinski definition) is 5. The molecule has 0 aromatic heterocycles. The molecule has 0 heterocycles. The number of hydrogen-bond donors (Lipinski definition) is 0. The highest BCUT2D eigenvalue weighted by molar-refractivity contribution is 7.86.